The number of piperazine rings is 1. The minimum Gasteiger partial charge on any atom is -0.392 e. The Morgan fingerprint density at radius 2 is 1.48 bits per heavy atom. The maximum atomic E-state index is 12.7. The van der Waals surface area contributed by atoms with E-state index in [1.54, 1.807) is 24.5 Å². The van der Waals surface area contributed by atoms with Crippen LogP contribution in [0.3, 0.4) is 0 Å². The third kappa shape index (κ3) is 8.53. The second-order valence-corrected chi connectivity index (χ2v) is 13.1. The van der Waals surface area contributed by atoms with Gasteiger partial charge in [-0.2, -0.15) is 0 Å². The molecule has 3 heterocycles. The van der Waals surface area contributed by atoms with Gasteiger partial charge in [0.15, 0.2) is 6.29 Å². The lowest BCUT2D eigenvalue weighted by atomic mass is 9.97. The first-order chi connectivity index (χ1) is 24.6. The molecule has 2 N–H and O–H groups in total. The van der Waals surface area contributed by atoms with Gasteiger partial charge in [-0.15, -0.1) is 0 Å². The highest BCUT2D eigenvalue weighted by molar-refractivity contribution is 5.93. The van der Waals surface area contributed by atoms with Crippen molar-refractivity contribution < 1.29 is 19.4 Å². The van der Waals surface area contributed by atoms with Gasteiger partial charge >= 0.3 is 0 Å². The van der Waals surface area contributed by atoms with Crippen molar-refractivity contribution in [2.24, 2.45) is 0 Å². The lowest BCUT2D eigenvalue weighted by molar-refractivity contribution is -0.253. The fraction of sp³-hybridized carbons (Fsp3) is 0.286. The molecule has 2 aliphatic heterocycles. The minimum atomic E-state index is -0.515. The maximum absolute atomic E-state index is 12.7. The number of pyridine rings is 1. The summed E-state index contributed by atoms with van der Waals surface area (Å²) in [7, 11) is 0. The number of carbonyl (C=O) groups is 1. The van der Waals surface area contributed by atoms with Gasteiger partial charge in [0.05, 0.1) is 24.4 Å². The summed E-state index contributed by atoms with van der Waals surface area (Å²) in [6, 6.07) is 38.8. The van der Waals surface area contributed by atoms with Crippen LogP contribution in [0.4, 0.5) is 0 Å². The number of aliphatic hydroxyl groups excluding tert-OH is 1. The number of hydrogen-bond acceptors (Lipinski definition) is 7. The zero-order valence-electron chi connectivity index (χ0n) is 28.2. The van der Waals surface area contributed by atoms with Crippen molar-refractivity contribution in [2.45, 2.75) is 44.6 Å². The molecule has 3 atom stereocenters. The average molecular weight is 669 g/mol. The number of benzene rings is 4. The van der Waals surface area contributed by atoms with Crippen LogP contribution in [0.5, 0.6) is 0 Å². The molecule has 0 unspecified atom stereocenters. The van der Waals surface area contributed by atoms with Gasteiger partial charge < -0.3 is 19.9 Å². The molecule has 8 heteroatoms. The zero-order valence-corrected chi connectivity index (χ0v) is 28.2. The molecule has 4 aromatic carbocycles. The summed E-state index contributed by atoms with van der Waals surface area (Å²) in [6.07, 6.45) is 3.34. The van der Waals surface area contributed by atoms with Crippen LogP contribution in [-0.4, -0.2) is 64.6 Å². The first-order valence-electron chi connectivity index (χ1n) is 17.5. The Kier molecular flexibility index (Phi) is 11.0. The fourth-order valence-corrected chi connectivity index (χ4v) is 6.84. The molecular formula is C42H44N4O4. The van der Waals surface area contributed by atoms with Crippen LogP contribution in [-0.2, 0) is 29.2 Å². The Labute approximate surface area is 294 Å². The van der Waals surface area contributed by atoms with Crippen LogP contribution in [0.15, 0.2) is 128 Å². The van der Waals surface area contributed by atoms with Crippen LogP contribution < -0.4 is 5.32 Å². The first-order valence-corrected chi connectivity index (χ1v) is 17.5. The highest BCUT2D eigenvalue weighted by atomic mass is 16.7. The number of ether oxygens (including phenoxy) is 2. The zero-order chi connectivity index (χ0) is 34.1. The number of hydrogen-bond donors (Lipinski definition) is 2. The average Bonchev–Trinajstić information content (AvgIpc) is 3.18. The fourth-order valence-electron chi connectivity index (χ4n) is 6.84. The second kappa shape index (κ2) is 16.3. The number of rotatable bonds is 11. The van der Waals surface area contributed by atoms with Crippen LogP contribution in [0, 0.1) is 0 Å². The Hall–Kier alpha value is -4.70. The molecule has 8 nitrogen and oxygen atoms in total. The van der Waals surface area contributed by atoms with Crippen LogP contribution >= 0.6 is 0 Å². The molecule has 7 rings (SSSR count). The maximum Gasteiger partial charge on any atom is 0.253 e. The number of carbonyl (C=O) groups excluding carboxylic acids is 1. The molecule has 0 spiro atoms. The van der Waals surface area contributed by atoms with Crippen LogP contribution in [0.25, 0.3) is 11.1 Å². The van der Waals surface area contributed by atoms with Gasteiger partial charge in [-0.3, -0.25) is 19.6 Å². The molecule has 0 aliphatic carbocycles. The SMILES string of the molecule is O=C(NCc1ccccc1-c1ccc([C@@H]2O[C@H](CN3CCN(Cc4ccccc4)CC3)C[C@H](c3ccc(CO)cc3)O2)cc1)c1cccnc1. The largest absolute Gasteiger partial charge is 0.392 e. The lowest BCUT2D eigenvalue weighted by Crippen LogP contribution is -2.49. The van der Waals surface area contributed by atoms with Crippen molar-refractivity contribution in [1.82, 2.24) is 20.1 Å². The van der Waals surface area contributed by atoms with Gasteiger partial charge in [0, 0.05) is 70.2 Å². The van der Waals surface area contributed by atoms with E-state index in [0.717, 1.165) is 79.1 Å². The first kappa shape index (κ1) is 33.8. The number of aromatic nitrogens is 1. The van der Waals surface area contributed by atoms with E-state index in [-0.39, 0.29) is 24.7 Å². The summed E-state index contributed by atoms with van der Waals surface area (Å²) >= 11 is 0. The highest BCUT2D eigenvalue weighted by Gasteiger charge is 2.34. The van der Waals surface area contributed by atoms with E-state index in [2.05, 4.69) is 92.9 Å². The van der Waals surface area contributed by atoms with Crippen molar-refractivity contribution in [3.63, 3.8) is 0 Å². The molecule has 2 aliphatic rings. The quantitative estimate of drug-likeness (QED) is 0.166. The third-order valence-corrected chi connectivity index (χ3v) is 9.67. The van der Waals surface area contributed by atoms with E-state index in [1.165, 1.54) is 5.56 Å². The van der Waals surface area contributed by atoms with E-state index in [1.807, 2.05) is 30.3 Å². The molecule has 2 saturated heterocycles. The highest BCUT2D eigenvalue weighted by Crippen LogP contribution is 2.39. The molecular weight excluding hydrogens is 624 g/mol. The minimum absolute atomic E-state index is 0.000713. The van der Waals surface area contributed by atoms with E-state index in [4.69, 9.17) is 9.47 Å². The van der Waals surface area contributed by atoms with Crippen LogP contribution in [0.1, 0.15) is 57.0 Å². The number of aliphatic hydroxyl groups is 1. The molecule has 5 aromatic rings. The smallest absolute Gasteiger partial charge is 0.253 e. The van der Waals surface area contributed by atoms with Crippen molar-refractivity contribution in [3.05, 3.63) is 161 Å². The summed E-state index contributed by atoms with van der Waals surface area (Å²) in [5.74, 6) is -0.154. The van der Waals surface area contributed by atoms with E-state index in [9.17, 15) is 9.90 Å². The van der Waals surface area contributed by atoms with Gasteiger partial charge in [-0.25, -0.2) is 0 Å². The monoisotopic (exact) mass is 668 g/mol. The van der Waals surface area contributed by atoms with Gasteiger partial charge in [-0.1, -0.05) is 103 Å². The van der Waals surface area contributed by atoms with Crippen molar-refractivity contribution in [2.75, 3.05) is 32.7 Å². The van der Waals surface area contributed by atoms with Crippen molar-refractivity contribution in [3.8, 4) is 11.1 Å². The van der Waals surface area contributed by atoms with Crippen LogP contribution in [0.2, 0.25) is 0 Å². The second-order valence-electron chi connectivity index (χ2n) is 13.1. The summed E-state index contributed by atoms with van der Waals surface area (Å²) < 4.78 is 13.3. The predicted molar refractivity (Wildman–Crippen MR) is 194 cm³/mol. The Morgan fingerprint density at radius 3 is 2.22 bits per heavy atom. The van der Waals surface area contributed by atoms with E-state index in [0.29, 0.717) is 12.1 Å². The lowest BCUT2D eigenvalue weighted by Gasteiger charge is -2.40. The Balaban J connectivity index is 1.03. The molecule has 50 heavy (non-hydrogen) atoms. The summed E-state index contributed by atoms with van der Waals surface area (Å²) in [5, 5.41) is 12.6. The molecule has 0 saturated carbocycles. The van der Waals surface area contributed by atoms with Crippen molar-refractivity contribution >= 4 is 5.91 Å². The molecule has 0 radical (unpaired) electrons. The summed E-state index contributed by atoms with van der Waals surface area (Å²) in [4.78, 5) is 21.8. The normalized spacial score (nSPS) is 20.0. The molecule has 1 amide bonds. The van der Waals surface area contributed by atoms with Gasteiger partial charge in [-0.05, 0) is 45.5 Å². The standard InChI is InChI=1S/C42H44N4O4/c47-30-32-12-14-34(15-13-32)40-25-38(29-46-23-21-45(22-24-46)28-31-7-2-1-3-8-31)49-42(50-40)35-18-16-33(17-19-35)39-11-5-4-9-36(39)27-44-41(48)37-10-6-20-43-26-37/h1-20,26,38,40,42,47H,21-25,27-30H2,(H,44,48)/t38-,40+,42+/m0/s1. The van der Waals surface area contributed by atoms with Gasteiger partial charge in [0.2, 0.25) is 0 Å². The summed E-state index contributed by atoms with van der Waals surface area (Å²) in [5.41, 5.74) is 7.96. The van der Waals surface area contributed by atoms with Gasteiger partial charge in [0.1, 0.15) is 0 Å². The summed E-state index contributed by atoms with van der Waals surface area (Å²) in [6.45, 7) is 6.32. The van der Waals surface area contributed by atoms with E-state index >= 15 is 0 Å². The molecule has 256 valence electrons. The predicted octanol–water partition coefficient (Wildman–Crippen LogP) is 6.53. The number of amides is 1. The van der Waals surface area contributed by atoms with Crippen molar-refractivity contribution in [1.29, 1.82) is 0 Å². The topological polar surface area (TPSA) is 87.2 Å². The van der Waals surface area contributed by atoms with Gasteiger partial charge in [0.25, 0.3) is 5.91 Å². The molecule has 2 fully saturated rings. The number of nitrogens with one attached hydrogen (secondary N) is 1. The molecule has 0 bridgehead atoms. The van der Waals surface area contributed by atoms with E-state index < -0.39 is 6.29 Å². The Bertz CT molecular complexity index is 1810. The molecule has 1 aromatic heterocycles. The third-order valence-electron chi connectivity index (χ3n) is 9.67. The Morgan fingerprint density at radius 1 is 0.760 bits per heavy atom. The number of nitrogens with zero attached hydrogens (tertiary/aromatic N) is 3.